The molecule has 1 aromatic carbocycles. The lowest BCUT2D eigenvalue weighted by Gasteiger charge is -2.03. The SMILES string of the molecule is CCc1c(-c2ccc(C#N)cc2)[nH]c(C=O)c1C(=O)O. The minimum atomic E-state index is -1.12. The molecule has 1 aromatic heterocycles. The van der Waals surface area contributed by atoms with E-state index in [0.717, 1.165) is 5.56 Å². The number of aromatic amines is 1. The van der Waals surface area contributed by atoms with Crippen molar-refractivity contribution >= 4 is 12.3 Å². The van der Waals surface area contributed by atoms with Crippen LogP contribution in [-0.4, -0.2) is 22.3 Å². The zero-order chi connectivity index (χ0) is 14.7. The normalized spacial score (nSPS) is 10.0. The van der Waals surface area contributed by atoms with E-state index in [2.05, 4.69) is 4.98 Å². The van der Waals surface area contributed by atoms with Crippen LogP contribution in [0.2, 0.25) is 0 Å². The molecule has 0 saturated heterocycles. The van der Waals surface area contributed by atoms with Crippen LogP contribution < -0.4 is 0 Å². The van der Waals surface area contributed by atoms with Crippen LogP contribution in [0.3, 0.4) is 0 Å². The van der Waals surface area contributed by atoms with Crippen molar-refractivity contribution in [2.24, 2.45) is 0 Å². The van der Waals surface area contributed by atoms with Crippen LogP contribution in [0.4, 0.5) is 0 Å². The van der Waals surface area contributed by atoms with Gasteiger partial charge in [-0.25, -0.2) is 4.79 Å². The monoisotopic (exact) mass is 268 g/mol. The number of benzene rings is 1. The van der Waals surface area contributed by atoms with Gasteiger partial charge >= 0.3 is 5.97 Å². The fraction of sp³-hybridized carbons (Fsp3) is 0.133. The number of carbonyl (C=O) groups is 2. The molecule has 0 radical (unpaired) electrons. The molecule has 0 aliphatic rings. The minimum absolute atomic E-state index is 0.0156. The molecule has 2 aromatic rings. The fourth-order valence-corrected chi connectivity index (χ4v) is 2.20. The molecule has 100 valence electrons. The number of aldehydes is 1. The summed E-state index contributed by atoms with van der Waals surface area (Å²) in [5, 5.41) is 18.0. The van der Waals surface area contributed by atoms with Crippen molar-refractivity contribution in [1.29, 1.82) is 5.26 Å². The lowest BCUT2D eigenvalue weighted by atomic mass is 10.0. The summed E-state index contributed by atoms with van der Waals surface area (Å²) in [6, 6.07) is 8.77. The van der Waals surface area contributed by atoms with Crippen LogP contribution in [0.15, 0.2) is 24.3 Å². The maximum atomic E-state index is 11.3. The first kappa shape index (κ1) is 13.6. The van der Waals surface area contributed by atoms with Gasteiger partial charge in [0.2, 0.25) is 0 Å². The van der Waals surface area contributed by atoms with E-state index in [9.17, 15) is 14.7 Å². The van der Waals surface area contributed by atoms with Gasteiger partial charge in [-0.2, -0.15) is 5.26 Å². The Kier molecular flexibility index (Phi) is 3.67. The van der Waals surface area contributed by atoms with Gasteiger partial charge in [0.15, 0.2) is 6.29 Å². The molecule has 1 heterocycles. The molecular formula is C15H12N2O3. The summed E-state index contributed by atoms with van der Waals surface area (Å²) in [5.41, 5.74) is 2.54. The van der Waals surface area contributed by atoms with Crippen LogP contribution in [0.25, 0.3) is 11.3 Å². The third-order valence-corrected chi connectivity index (χ3v) is 3.12. The average molecular weight is 268 g/mol. The van der Waals surface area contributed by atoms with Crippen molar-refractivity contribution in [1.82, 2.24) is 4.98 Å². The van der Waals surface area contributed by atoms with Gasteiger partial charge in [-0.3, -0.25) is 4.79 Å². The summed E-state index contributed by atoms with van der Waals surface area (Å²) in [4.78, 5) is 25.1. The molecular weight excluding hydrogens is 256 g/mol. The molecule has 0 aliphatic carbocycles. The Morgan fingerprint density at radius 3 is 2.50 bits per heavy atom. The van der Waals surface area contributed by atoms with Crippen molar-refractivity contribution in [3.63, 3.8) is 0 Å². The molecule has 0 fully saturated rings. The summed E-state index contributed by atoms with van der Waals surface area (Å²) < 4.78 is 0. The van der Waals surface area contributed by atoms with Gasteiger partial charge in [-0.05, 0) is 29.7 Å². The molecule has 0 amide bonds. The highest BCUT2D eigenvalue weighted by molar-refractivity contribution is 6.00. The second-order valence-electron chi connectivity index (χ2n) is 4.23. The zero-order valence-corrected chi connectivity index (χ0v) is 10.8. The van der Waals surface area contributed by atoms with E-state index in [0.29, 0.717) is 29.5 Å². The summed E-state index contributed by atoms with van der Waals surface area (Å²) in [6.07, 6.45) is 0.997. The standard InChI is InChI=1S/C15H12N2O3/c1-2-11-13(15(19)20)12(8-18)17-14(11)10-5-3-9(7-16)4-6-10/h3-6,8,17H,2H2,1H3,(H,19,20). The van der Waals surface area contributed by atoms with Gasteiger partial charge in [0, 0.05) is 0 Å². The Hall–Kier alpha value is -2.87. The molecule has 0 spiro atoms. The molecule has 20 heavy (non-hydrogen) atoms. The van der Waals surface area contributed by atoms with E-state index in [1.54, 1.807) is 24.3 Å². The van der Waals surface area contributed by atoms with Crippen LogP contribution in [0, 0.1) is 11.3 Å². The van der Waals surface area contributed by atoms with E-state index in [4.69, 9.17) is 5.26 Å². The number of nitriles is 1. The first-order valence-electron chi connectivity index (χ1n) is 6.06. The van der Waals surface area contributed by atoms with Crippen LogP contribution >= 0.6 is 0 Å². The predicted molar refractivity (Wildman–Crippen MR) is 72.7 cm³/mol. The number of carbonyl (C=O) groups excluding carboxylic acids is 1. The number of carboxylic acid groups (broad SMARTS) is 1. The maximum Gasteiger partial charge on any atom is 0.338 e. The van der Waals surface area contributed by atoms with Crippen molar-refractivity contribution < 1.29 is 14.7 Å². The second-order valence-corrected chi connectivity index (χ2v) is 4.23. The summed E-state index contributed by atoms with van der Waals surface area (Å²) in [5.74, 6) is -1.12. The lowest BCUT2D eigenvalue weighted by Crippen LogP contribution is -2.02. The van der Waals surface area contributed by atoms with Gasteiger partial charge in [-0.15, -0.1) is 0 Å². The van der Waals surface area contributed by atoms with Crippen LogP contribution in [-0.2, 0) is 6.42 Å². The molecule has 2 N–H and O–H groups in total. The fourth-order valence-electron chi connectivity index (χ4n) is 2.20. The average Bonchev–Trinajstić information content (AvgIpc) is 2.86. The van der Waals surface area contributed by atoms with Crippen molar-refractivity contribution in [2.45, 2.75) is 13.3 Å². The molecule has 0 atom stereocenters. The van der Waals surface area contributed by atoms with Gasteiger partial charge in [0.05, 0.1) is 28.6 Å². The smallest absolute Gasteiger partial charge is 0.338 e. The number of aromatic carboxylic acids is 1. The van der Waals surface area contributed by atoms with Crippen LogP contribution in [0.1, 0.15) is 38.9 Å². The predicted octanol–water partition coefficient (Wildman–Crippen LogP) is 2.63. The Morgan fingerprint density at radius 1 is 1.40 bits per heavy atom. The molecule has 0 unspecified atom stereocenters. The first-order chi connectivity index (χ1) is 9.62. The van der Waals surface area contributed by atoms with E-state index in [1.165, 1.54) is 0 Å². The Balaban J connectivity index is 2.64. The van der Waals surface area contributed by atoms with Gasteiger partial charge in [0.25, 0.3) is 0 Å². The Bertz CT molecular complexity index is 706. The third-order valence-electron chi connectivity index (χ3n) is 3.12. The number of nitrogens with one attached hydrogen (secondary N) is 1. The third kappa shape index (κ3) is 2.19. The Morgan fingerprint density at radius 2 is 2.05 bits per heavy atom. The van der Waals surface area contributed by atoms with Gasteiger partial charge in [0.1, 0.15) is 0 Å². The van der Waals surface area contributed by atoms with E-state index >= 15 is 0 Å². The molecule has 0 bridgehead atoms. The number of carboxylic acids is 1. The maximum absolute atomic E-state index is 11.3. The molecule has 5 heteroatoms. The number of H-pyrrole nitrogens is 1. The highest BCUT2D eigenvalue weighted by Gasteiger charge is 2.21. The van der Waals surface area contributed by atoms with Crippen molar-refractivity contribution in [3.05, 3.63) is 46.6 Å². The summed E-state index contributed by atoms with van der Waals surface area (Å²) in [7, 11) is 0. The van der Waals surface area contributed by atoms with Gasteiger partial charge in [-0.1, -0.05) is 19.1 Å². The topological polar surface area (TPSA) is 94.0 Å². The molecule has 5 nitrogen and oxygen atoms in total. The largest absolute Gasteiger partial charge is 0.478 e. The number of aromatic nitrogens is 1. The van der Waals surface area contributed by atoms with E-state index in [-0.39, 0.29) is 11.3 Å². The highest BCUT2D eigenvalue weighted by atomic mass is 16.4. The Labute approximate surface area is 115 Å². The molecule has 2 rings (SSSR count). The number of nitrogens with zero attached hydrogens (tertiary/aromatic N) is 1. The van der Waals surface area contributed by atoms with E-state index < -0.39 is 5.97 Å². The minimum Gasteiger partial charge on any atom is -0.478 e. The highest BCUT2D eigenvalue weighted by Crippen LogP contribution is 2.28. The zero-order valence-electron chi connectivity index (χ0n) is 10.8. The second kappa shape index (κ2) is 5.41. The molecule has 0 aliphatic heterocycles. The van der Waals surface area contributed by atoms with Crippen LogP contribution in [0.5, 0.6) is 0 Å². The quantitative estimate of drug-likeness (QED) is 0.833. The molecule has 0 saturated carbocycles. The van der Waals surface area contributed by atoms with E-state index in [1.807, 2.05) is 13.0 Å². The summed E-state index contributed by atoms with van der Waals surface area (Å²) >= 11 is 0. The first-order valence-corrected chi connectivity index (χ1v) is 6.06. The lowest BCUT2D eigenvalue weighted by molar-refractivity contribution is 0.0693. The number of hydrogen-bond donors (Lipinski definition) is 2. The van der Waals surface area contributed by atoms with Gasteiger partial charge < -0.3 is 10.1 Å². The van der Waals surface area contributed by atoms with Crippen molar-refractivity contribution in [3.8, 4) is 17.3 Å². The number of rotatable bonds is 4. The van der Waals surface area contributed by atoms with Crippen molar-refractivity contribution in [2.75, 3.05) is 0 Å². The number of hydrogen-bond acceptors (Lipinski definition) is 3. The summed E-state index contributed by atoms with van der Waals surface area (Å²) in [6.45, 7) is 1.83.